The lowest BCUT2D eigenvalue weighted by Gasteiger charge is -2.24. The first-order valence-corrected chi connectivity index (χ1v) is 19.6. The minimum absolute atomic E-state index is 0.0811. The molecule has 10 rings (SSSR count). The number of benzene rings is 8. The minimum atomic E-state index is -0.0811. The second-order valence-corrected chi connectivity index (χ2v) is 15.4. The van der Waals surface area contributed by atoms with Crippen molar-refractivity contribution in [1.82, 2.24) is 9.97 Å². The quantitative estimate of drug-likeness (QED) is 0.163. The van der Waals surface area contributed by atoms with Gasteiger partial charge >= 0.3 is 0 Å². The van der Waals surface area contributed by atoms with Gasteiger partial charge in [0.25, 0.3) is 0 Å². The molecule has 1 aliphatic carbocycles. The fraction of sp³-hybridized carbons (Fsp3) is 0.0545. The number of hydrogen-bond donors (Lipinski definition) is 0. The molecule has 0 bridgehead atoms. The van der Waals surface area contributed by atoms with Crippen LogP contribution in [0.2, 0.25) is 0 Å². The van der Waals surface area contributed by atoms with Gasteiger partial charge in [-0.05, 0) is 85.0 Å². The average Bonchev–Trinajstić information content (AvgIpc) is 3.53. The molecule has 2 heteroatoms. The maximum Gasteiger partial charge on any atom is 0.160 e. The van der Waals surface area contributed by atoms with Crippen molar-refractivity contribution in [3.05, 3.63) is 217 Å². The first-order chi connectivity index (χ1) is 28.0. The van der Waals surface area contributed by atoms with Crippen LogP contribution in [0.4, 0.5) is 0 Å². The molecule has 2 nitrogen and oxygen atoms in total. The van der Waals surface area contributed by atoms with Crippen LogP contribution in [0.5, 0.6) is 0 Å². The molecule has 0 unspecified atom stereocenters. The smallest absolute Gasteiger partial charge is 0.160 e. The number of fused-ring (bicyclic) bond motifs is 3. The van der Waals surface area contributed by atoms with Crippen LogP contribution in [-0.4, -0.2) is 9.97 Å². The number of nitrogens with zero attached hydrogens (tertiary/aromatic N) is 2. The summed E-state index contributed by atoms with van der Waals surface area (Å²) in [6, 6.07) is 73.7. The van der Waals surface area contributed by atoms with Crippen molar-refractivity contribution in [2.75, 3.05) is 0 Å². The van der Waals surface area contributed by atoms with Gasteiger partial charge in [0.1, 0.15) is 0 Å². The van der Waals surface area contributed by atoms with Gasteiger partial charge < -0.3 is 0 Å². The Kier molecular flexibility index (Phi) is 8.53. The van der Waals surface area contributed by atoms with Crippen molar-refractivity contribution in [3.8, 4) is 89.5 Å². The zero-order valence-corrected chi connectivity index (χ0v) is 32.0. The number of hydrogen-bond acceptors (Lipinski definition) is 2. The molecule has 1 aliphatic rings. The van der Waals surface area contributed by atoms with Gasteiger partial charge in [-0.2, -0.15) is 0 Å². The van der Waals surface area contributed by atoms with Gasteiger partial charge in [0.05, 0.1) is 11.4 Å². The summed E-state index contributed by atoms with van der Waals surface area (Å²) in [6.07, 6.45) is 0. The van der Waals surface area contributed by atoms with Crippen molar-refractivity contribution in [1.29, 1.82) is 0 Å². The topological polar surface area (TPSA) is 25.8 Å². The molecular weight excluding hydrogens is 689 g/mol. The Hall–Kier alpha value is -7.16. The highest BCUT2D eigenvalue weighted by Gasteiger charge is 2.37. The normalized spacial score (nSPS) is 12.5. The molecule has 0 amide bonds. The summed E-state index contributed by atoms with van der Waals surface area (Å²) in [5.41, 5.74) is 19.8. The average molecular weight is 729 g/mol. The zero-order valence-electron chi connectivity index (χ0n) is 32.0. The molecule has 0 spiro atoms. The van der Waals surface area contributed by atoms with E-state index in [0.29, 0.717) is 5.82 Å². The van der Waals surface area contributed by atoms with Crippen molar-refractivity contribution in [2.24, 2.45) is 0 Å². The number of rotatable bonds is 7. The van der Waals surface area contributed by atoms with E-state index in [2.05, 4.69) is 214 Å². The molecule has 0 radical (unpaired) electrons. The van der Waals surface area contributed by atoms with Crippen molar-refractivity contribution >= 4 is 0 Å². The van der Waals surface area contributed by atoms with Gasteiger partial charge in [-0.25, -0.2) is 9.97 Å². The van der Waals surface area contributed by atoms with E-state index in [9.17, 15) is 0 Å². The highest BCUT2D eigenvalue weighted by atomic mass is 14.9. The molecule has 57 heavy (non-hydrogen) atoms. The van der Waals surface area contributed by atoms with Gasteiger partial charge in [-0.1, -0.05) is 202 Å². The van der Waals surface area contributed by atoms with Crippen LogP contribution in [0.1, 0.15) is 25.0 Å². The molecule has 0 saturated carbocycles. The van der Waals surface area contributed by atoms with Gasteiger partial charge in [0.2, 0.25) is 0 Å². The fourth-order valence-electron chi connectivity index (χ4n) is 8.59. The SMILES string of the molecule is CC1(C)c2ccccc2-c2cccc(-c3cccc(-c4ccc(-c5cc(-c6cccc(-c7ccccc7)c6)nc(-c6ccc(-c7ccccc7)cc6)n5)cc4)c3)c21. The Morgan fingerprint density at radius 3 is 1.40 bits per heavy atom. The molecule has 0 atom stereocenters. The van der Waals surface area contributed by atoms with E-state index in [1.807, 2.05) is 6.07 Å². The van der Waals surface area contributed by atoms with Crippen LogP contribution in [0, 0.1) is 0 Å². The molecule has 1 heterocycles. The van der Waals surface area contributed by atoms with E-state index < -0.39 is 0 Å². The Morgan fingerprint density at radius 1 is 0.298 bits per heavy atom. The van der Waals surface area contributed by atoms with Gasteiger partial charge in [0, 0.05) is 22.1 Å². The lowest BCUT2D eigenvalue weighted by molar-refractivity contribution is 0.662. The largest absolute Gasteiger partial charge is 0.228 e. The minimum Gasteiger partial charge on any atom is -0.228 e. The van der Waals surface area contributed by atoms with Crippen LogP contribution in [0.15, 0.2) is 206 Å². The second kappa shape index (κ2) is 14.2. The summed E-state index contributed by atoms with van der Waals surface area (Å²) in [4.78, 5) is 10.4. The highest BCUT2D eigenvalue weighted by molar-refractivity contribution is 5.89. The van der Waals surface area contributed by atoms with E-state index in [1.54, 1.807) is 0 Å². The third-order valence-electron chi connectivity index (χ3n) is 11.5. The molecule has 270 valence electrons. The summed E-state index contributed by atoms with van der Waals surface area (Å²) in [6.45, 7) is 4.71. The van der Waals surface area contributed by atoms with E-state index in [-0.39, 0.29) is 5.41 Å². The Labute approximate surface area is 334 Å². The van der Waals surface area contributed by atoms with Crippen LogP contribution >= 0.6 is 0 Å². The third-order valence-corrected chi connectivity index (χ3v) is 11.5. The lowest BCUT2D eigenvalue weighted by Crippen LogP contribution is -2.16. The third kappa shape index (κ3) is 6.36. The first kappa shape index (κ1) is 34.3. The summed E-state index contributed by atoms with van der Waals surface area (Å²) in [5, 5.41) is 0. The van der Waals surface area contributed by atoms with Crippen molar-refractivity contribution in [2.45, 2.75) is 19.3 Å². The van der Waals surface area contributed by atoms with Crippen LogP contribution in [-0.2, 0) is 5.41 Å². The Balaban J connectivity index is 1.02. The van der Waals surface area contributed by atoms with E-state index in [1.165, 1.54) is 50.1 Å². The summed E-state index contributed by atoms with van der Waals surface area (Å²) >= 11 is 0. The summed E-state index contributed by atoms with van der Waals surface area (Å²) in [5.74, 6) is 0.699. The monoisotopic (exact) mass is 728 g/mol. The summed E-state index contributed by atoms with van der Waals surface area (Å²) < 4.78 is 0. The van der Waals surface area contributed by atoms with Gasteiger partial charge in [0.15, 0.2) is 5.82 Å². The van der Waals surface area contributed by atoms with E-state index >= 15 is 0 Å². The van der Waals surface area contributed by atoms with Crippen molar-refractivity contribution < 1.29 is 0 Å². The van der Waals surface area contributed by atoms with Crippen LogP contribution < -0.4 is 0 Å². The molecule has 0 N–H and O–H groups in total. The zero-order chi connectivity index (χ0) is 38.3. The van der Waals surface area contributed by atoms with Crippen molar-refractivity contribution in [3.63, 3.8) is 0 Å². The Morgan fingerprint density at radius 2 is 0.719 bits per heavy atom. The molecule has 9 aromatic rings. The second-order valence-electron chi connectivity index (χ2n) is 15.4. The van der Waals surface area contributed by atoms with E-state index in [0.717, 1.165) is 44.8 Å². The molecule has 8 aromatic carbocycles. The molecule has 1 aromatic heterocycles. The predicted octanol–water partition coefficient (Wildman–Crippen LogP) is 14.5. The summed E-state index contributed by atoms with van der Waals surface area (Å²) in [7, 11) is 0. The standard InChI is InChI=1S/C55H40N2/c1-55(2)50-25-10-9-22-48(50)49-24-13-23-47(53(49)55)45-20-11-18-43(34-45)40-26-30-41(31-27-40)51-36-52(46-21-12-19-44(35-46)38-16-7-4-8-17-38)57-54(56-51)42-32-28-39(29-33-42)37-14-5-3-6-15-37/h3-36H,1-2H3. The first-order valence-electron chi connectivity index (χ1n) is 19.6. The Bertz CT molecular complexity index is 2890. The number of aromatic nitrogens is 2. The molecule has 0 fully saturated rings. The fourth-order valence-corrected chi connectivity index (χ4v) is 8.59. The van der Waals surface area contributed by atoms with Crippen LogP contribution in [0.3, 0.4) is 0 Å². The maximum absolute atomic E-state index is 5.19. The molecule has 0 aliphatic heterocycles. The lowest BCUT2D eigenvalue weighted by atomic mass is 9.78. The predicted molar refractivity (Wildman–Crippen MR) is 238 cm³/mol. The van der Waals surface area contributed by atoms with E-state index in [4.69, 9.17) is 9.97 Å². The highest BCUT2D eigenvalue weighted by Crippen LogP contribution is 2.52. The van der Waals surface area contributed by atoms with Crippen LogP contribution in [0.25, 0.3) is 89.5 Å². The maximum atomic E-state index is 5.19. The van der Waals surface area contributed by atoms with Gasteiger partial charge in [-0.3, -0.25) is 0 Å². The molecular formula is C55H40N2. The van der Waals surface area contributed by atoms with Gasteiger partial charge in [-0.15, -0.1) is 0 Å². The molecule has 0 saturated heterocycles.